The van der Waals surface area contributed by atoms with E-state index in [2.05, 4.69) is 4.98 Å². The molecule has 0 unspecified atom stereocenters. The summed E-state index contributed by atoms with van der Waals surface area (Å²) in [7, 11) is 0. The standard InChI is InChI=1S/C14H15NO3/c1-10(17)14-6-5-13(8-15-14)18-12-4-2-3-11(7-12)9-16/h2-8,10,16-17H,9H2,1H3/t10-/m0/s1. The van der Waals surface area contributed by atoms with Crippen molar-refractivity contribution < 1.29 is 14.9 Å². The van der Waals surface area contributed by atoms with Crippen LogP contribution >= 0.6 is 0 Å². The molecule has 0 fully saturated rings. The van der Waals surface area contributed by atoms with Crippen LogP contribution in [0.25, 0.3) is 0 Å². The third-order valence-corrected chi connectivity index (χ3v) is 2.50. The summed E-state index contributed by atoms with van der Waals surface area (Å²) in [6.45, 7) is 1.64. The zero-order valence-electron chi connectivity index (χ0n) is 10.1. The Hall–Kier alpha value is -1.91. The lowest BCUT2D eigenvalue weighted by atomic mass is 10.2. The molecule has 2 rings (SSSR count). The molecule has 4 nitrogen and oxygen atoms in total. The summed E-state index contributed by atoms with van der Waals surface area (Å²) in [6, 6.07) is 10.7. The molecule has 0 saturated carbocycles. The Labute approximate surface area is 106 Å². The molecule has 0 aliphatic carbocycles. The van der Waals surface area contributed by atoms with Crippen molar-refractivity contribution >= 4 is 0 Å². The highest BCUT2D eigenvalue weighted by atomic mass is 16.5. The second kappa shape index (κ2) is 5.62. The van der Waals surface area contributed by atoms with Crippen molar-refractivity contribution in [2.75, 3.05) is 0 Å². The average Bonchev–Trinajstić information content (AvgIpc) is 2.39. The topological polar surface area (TPSA) is 62.6 Å². The molecule has 0 saturated heterocycles. The molecule has 94 valence electrons. The van der Waals surface area contributed by atoms with Crippen molar-refractivity contribution in [3.05, 3.63) is 53.9 Å². The summed E-state index contributed by atoms with van der Waals surface area (Å²) in [5.74, 6) is 1.24. The Bertz CT molecular complexity index is 509. The summed E-state index contributed by atoms with van der Waals surface area (Å²) < 4.78 is 5.60. The summed E-state index contributed by atoms with van der Waals surface area (Å²) in [5.41, 5.74) is 1.40. The summed E-state index contributed by atoms with van der Waals surface area (Å²) in [5, 5.41) is 18.4. The van der Waals surface area contributed by atoms with Crippen LogP contribution in [0.2, 0.25) is 0 Å². The van der Waals surface area contributed by atoms with Gasteiger partial charge >= 0.3 is 0 Å². The van der Waals surface area contributed by atoms with Gasteiger partial charge in [-0.2, -0.15) is 0 Å². The molecule has 2 N–H and O–H groups in total. The number of hydrogen-bond acceptors (Lipinski definition) is 4. The SMILES string of the molecule is C[C@H](O)c1ccc(Oc2cccc(CO)c2)cn1. The van der Waals surface area contributed by atoms with Crippen LogP contribution < -0.4 is 4.74 Å². The molecule has 18 heavy (non-hydrogen) atoms. The molecule has 0 amide bonds. The van der Waals surface area contributed by atoms with Crippen molar-refractivity contribution in [1.82, 2.24) is 4.98 Å². The zero-order chi connectivity index (χ0) is 13.0. The van der Waals surface area contributed by atoms with E-state index < -0.39 is 6.10 Å². The van der Waals surface area contributed by atoms with Crippen LogP contribution in [-0.2, 0) is 6.61 Å². The Balaban J connectivity index is 2.13. The molecule has 0 aliphatic heterocycles. The van der Waals surface area contributed by atoms with Gasteiger partial charge in [-0.1, -0.05) is 12.1 Å². The summed E-state index contributed by atoms with van der Waals surface area (Å²) >= 11 is 0. The summed E-state index contributed by atoms with van der Waals surface area (Å²) in [6.07, 6.45) is 0.977. The molecule has 0 bridgehead atoms. The second-order valence-electron chi connectivity index (χ2n) is 4.00. The van der Waals surface area contributed by atoms with E-state index in [0.29, 0.717) is 17.2 Å². The quantitative estimate of drug-likeness (QED) is 0.868. The zero-order valence-corrected chi connectivity index (χ0v) is 10.1. The maximum absolute atomic E-state index is 9.34. The molecular formula is C14H15NO3. The highest BCUT2D eigenvalue weighted by molar-refractivity contribution is 5.33. The lowest BCUT2D eigenvalue weighted by molar-refractivity contribution is 0.194. The number of rotatable bonds is 4. The number of aliphatic hydroxyl groups excluding tert-OH is 2. The van der Waals surface area contributed by atoms with Gasteiger partial charge in [0.05, 0.1) is 24.6 Å². The Morgan fingerprint density at radius 3 is 2.67 bits per heavy atom. The smallest absolute Gasteiger partial charge is 0.145 e. The van der Waals surface area contributed by atoms with Gasteiger partial charge in [0.25, 0.3) is 0 Å². The minimum absolute atomic E-state index is 0.0174. The third-order valence-electron chi connectivity index (χ3n) is 2.50. The van der Waals surface area contributed by atoms with E-state index >= 15 is 0 Å². The van der Waals surface area contributed by atoms with Crippen LogP contribution in [0.15, 0.2) is 42.6 Å². The Morgan fingerprint density at radius 1 is 1.22 bits per heavy atom. The fraction of sp³-hybridized carbons (Fsp3) is 0.214. The highest BCUT2D eigenvalue weighted by Crippen LogP contribution is 2.22. The lowest BCUT2D eigenvalue weighted by Gasteiger charge is -2.08. The highest BCUT2D eigenvalue weighted by Gasteiger charge is 2.03. The van der Waals surface area contributed by atoms with Crippen LogP contribution in [0.3, 0.4) is 0 Å². The second-order valence-corrected chi connectivity index (χ2v) is 4.00. The van der Waals surface area contributed by atoms with E-state index in [9.17, 15) is 5.11 Å². The molecule has 4 heteroatoms. The van der Waals surface area contributed by atoms with Gasteiger partial charge in [-0.3, -0.25) is 4.98 Å². The monoisotopic (exact) mass is 245 g/mol. The molecule has 0 aliphatic rings. The minimum Gasteiger partial charge on any atom is -0.456 e. The molecule has 1 atom stereocenters. The van der Waals surface area contributed by atoms with Crippen LogP contribution in [0.4, 0.5) is 0 Å². The number of ether oxygens (including phenoxy) is 1. The number of benzene rings is 1. The van der Waals surface area contributed by atoms with E-state index in [-0.39, 0.29) is 6.61 Å². The van der Waals surface area contributed by atoms with Gasteiger partial charge in [0.15, 0.2) is 0 Å². The fourth-order valence-electron chi connectivity index (χ4n) is 1.54. The van der Waals surface area contributed by atoms with E-state index in [0.717, 1.165) is 5.56 Å². The van der Waals surface area contributed by atoms with Gasteiger partial charge in [-0.05, 0) is 36.8 Å². The van der Waals surface area contributed by atoms with E-state index in [1.807, 2.05) is 18.2 Å². The van der Waals surface area contributed by atoms with Crippen LogP contribution in [0.5, 0.6) is 11.5 Å². The summed E-state index contributed by atoms with van der Waals surface area (Å²) in [4.78, 5) is 4.09. The predicted octanol–water partition coefficient (Wildman–Crippen LogP) is 2.42. The van der Waals surface area contributed by atoms with E-state index in [1.54, 1.807) is 31.3 Å². The van der Waals surface area contributed by atoms with E-state index in [1.165, 1.54) is 0 Å². The minimum atomic E-state index is -0.586. The number of aromatic nitrogens is 1. The maximum Gasteiger partial charge on any atom is 0.145 e. The Morgan fingerprint density at radius 2 is 2.06 bits per heavy atom. The van der Waals surface area contributed by atoms with Gasteiger partial charge in [0, 0.05) is 0 Å². The van der Waals surface area contributed by atoms with Crippen molar-refractivity contribution in [2.45, 2.75) is 19.6 Å². The molecule has 0 spiro atoms. The average molecular weight is 245 g/mol. The van der Waals surface area contributed by atoms with Gasteiger partial charge in [0.1, 0.15) is 11.5 Å². The first-order valence-corrected chi connectivity index (χ1v) is 5.70. The third kappa shape index (κ3) is 3.06. The normalized spacial score (nSPS) is 12.2. The van der Waals surface area contributed by atoms with Crippen LogP contribution in [-0.4, -0.2) is 15.2 Å². The number of hydrogen-bond donors (Lipinski definition) is 2. The van der Waals surface area contributed by atoms with Gasteiger partial charge in [-0.15, -0.1) is 0 Å². The first-order valence-electron chi connectivity index (χ1n) is 5.70. The van der Waals surface area contributed by atoms with Gasteiger partial charge in [-0.25, -0.2) is 0 Å². The van der Waals surface area contributed by atoms with Crippen molar-refractivity contribution in [2.24, 2.45) is 0 Å². The Kier molecular flexibility index (Phi) is 3.92. The van der Waals surface area contributed by atoms with Crippen LogP contribution in [0, 0.1) is 0 Å². The predicted molar refractivity (Wildman–Crippen MR) is 67.3 cm³/mol. The van der Waals surface area contributed by atoms with Crippen molar-refractivity contribution in [3.8, 4) is 11.5 Å². The largest absolute Gasteiger partial charge is 0.456 e. The number of pyridine rings is 1. The first kappa shape index (κ1) is 12.5. The van der Waals surface area contributed by atoms with Crippen molar-refractivity contribution in [3.63, 3.8) is 0 Å². The van der Waals surface area contributed by atoms with Crippen molar-refractivity contribution in [1.29, 1.82) is 0 Å². The van der Waals surface area contributed by atoms with Gasteiger partial charge < -0.3 is 14.9 Å². The molecule has 2 aromatic rings. The molecule has 1 heterocycles. The number of nitrogens with zero attached hydrogens (tertiary/aromatic N) is 1. The molecule has 1 aromatic heterocycles. The molecule has 0 radical (unpaired) electrons. The van der Waals surface area contributed by atoms with Gasteiger partial charge in [0.2, 0.25) is 0 Å². The number of aliphatic hydroxyl groups is 2. The van der Waals surface area contributed by atoms with E-state index in [4.69, 9.17) is 9.84 Å². The fourth-order valence-corrected chi connectivity index (χ4v) is 1.54. The maximum atomic E-state index is 9.34. The first-order chi connectivity index (χ1) is 8.69. The molecule has 1 aromatic carbocycles. The lowest BCUT2D eigenvalue weighted by Crippen LogP contribution is -1.95. The van der Waals surface area contributed by atoms with Crippen LogP contribution in [0.1, 0.15) is 24.3 Å². The molecular weight excluding hydrogens is 230 g/mol.